The molecule has 0 atom stereocenters. The molecule has 0 aromatic rings. The van der Waals surface area contributed by atoms with Crippen LogP contribution in [0.2, 0.25) is 0 Å². The maximum atomic E-state index is 8.74. The molecule has 0 heterocycles. The predicted octanol–water partition coefficient (Wildman–Crippen LogP) is -1.54. The van der Waals surface area contributed by atoms with Crippen LogP contribution in [-0.2, 0) is 10.4 Å². The van der Waals surface area contributed by atoms with Gasteiger partial charge in [0.05, 0.1) is 0 Å². The molecule has 0 radical (unpaired) electrons. The van der Waals surface area contributed by atoms with Crippen LogP contribution in [0, 0.1) is 10.1 Å². The zero-order valence-corrected chi connectivity index (χ0v) is 14.9. The summed E-state index contributed by atoms with van der Waals surface area (Å²) in [5, 5.41) is 13.6. The zero-order valence-electron chi connectivity index (χ0n) is 7.24. The largest absolute Gasteiger partial charge is 2.00 e. The number of rotatable bonds is 0. The van der Waals surface area contributed by atoms with Gasteiger partial charge in [0.1, 0.15) is 0 Å². The molecule has 11 heteroatoms. The minimum atomic E-state index is -4.67. The maximum Gasteiger partial charge on any atom is 2.00 e. The van der Waals surface area contributed by atoms with Crippen LogP contribution in [0.15, 0.2) is 0 Å². The smallest absolute Gasteiger partial charge is 1.00 e. The quantitative estimate of drug-likeness (QED) is 0.181. The zero-order chi connectivity index (χ0) is 8.08. The van der Waals surface area contributed by atoms with Crippen molar-refractivity contribution in [3.05, 3.63) is 10.1 Å². The second-order valence-corrected chi connectivity index (χ2v) is 1.58. The number of hydrogen-bond acceptors (Lipinski definition) is 4. The summed E-state index contributed by atoms with van der Waals surface area (Å²) in [6.07, 6.45) is 0. The normalized spacial score (nSPS) is 7.45. The molecule has 0 rings (SSSR count). The van der Waals surface area contributed by atoms with E-state index in [0.717, 1.165) is 0 Å². The van der Waals surface area contributed by atoms with E-state index < -0.39 is 15.5 Å². The predicted molar refractivity (Wildman–Crippen MR) is 36.7 cm³/mol. The van der Waals surface area contributed by atoms with Gasteiger partial charge in [-0.2, -0.15) is 8.42 Å². The molecule has 8 nitrogen and oxygen atoms in total. The van der Waals surface area contributed by atoms with E-state index in [1.807, 2.05) is 0 Å². The Morgan fingerprint density at radius 3 is 1.27 bits per heavy atom. The van der Waals surface area contributed by atoms with Gasteiger partial charge in [-0.25, -0.2) is 0 Å². The van der Waals surface area contributed by atoms with Crippen LogP contribution in [0.4, 0.5) is 0 Å². The minimum absolute atomic E-state index is 0. The summed E-state index contributed by atoms with van der Waals surface area (Å²) in [5.41, 5.74) is 0. The topological polar surface area (TPSA) is 138 Å². The standard InChI is InChI=1S/2Ba.HNO3.H2O4S.2H/c;;2-1(3)4;1-5(2,3)4;;/h;;(H,2,3,4);(H2,1,2,3,4);;/q2*+2;;;2*-1. The first-order valence-corrected chi connectivity index (χ1v) is 2.66. The van der Waals surface area contributed by atoms with Crippen molar-refractivity contribution in [1.82, 2.24) is 0 Å². The average Bonchev–Trinajstić information content (AvgIpc) is 1.19. The molecule has 0 aliphatic carbocycles. The molecule has 0 fully saturated rings. The third kappa shape index (κ3) is 260. The Bertz CT molecular complexity index is 167. The van der Waals surface area contributed by atoms with Gasteiger partial charge in [0.15, 0.2) is 0 Å². The summed E-state index contributed by atoms with van der Waals surface area (Å²) < 4.78 is 31.6. The van der Waals surface area contributed by atoms with Crippen molar-refractivity contribution in [2.24, 2.45) is 0 Å². The Hall–Kier alpha value is 2.21. The van der Waals surface area contributed by atoms with Gasteiger partial charge < -0.3 is 8.06 Å². The molecular weight excluding hydrogens is 433 g/mol. The first kappa shape index (κ1) is 23.2. The van der Waals surface area contributed by atoms with Gasteiger partial charge in [-0.15, -0.1) is 10.1 Å². The van der Waals surface area contributed by atoms with Crippen LogP contribution in [0.5, 0.6) is 0 Å². The van der Waals surface area contributed by atoms with Crippen LogP contribution >= 0.6 is 0 Å². The molecule has 0 bridgehead atoms. The van der Waals surface area contributed by atoms with Crippen molar-refractivity contribution < 1.29 is 30.7 Å². The van der Waals surface area contributed by atoms with E-state index >= 15 is 0 Å². The molecule has 0 aromatic heterocycles. The van der Waals surface area contributed by atoms with Crippen LogP contribution in [-0.4, -0.2) is 126 Å². The SMILES string of the molecule is O=S(=O)(O)O.O=[N+]([O-])O.[Ba+2].[Ba+2].[H-].[H-]. The Balaban J connectivity index is -0.0000000146. The van der Waals surface area contributed by atoms with Crippen molar-refractivity contribution >= 4 is 108 Å². The van der Waals surface area contributed by atoms with Crippen LogP contribution in [0.25, 0.3) is 0 Å². The second-order valence-electron chi connectivity index (χ2n) is 0.686. The molecule has 0 saturated carbocycles. The third-order valence-corrected chi connectivity index (χ3v) is 0. The fourth-order valence-electron chi connectivity index (χ4n) is 0. The van der Waals surface area contributed by atoms with Crippen LogP contribution < -0.4 is 0 Å². The van der Waals surface area contributed by atoms with Crippen molar-refractivity contribution in [2.75, 3.05) is 0 Å². The minimum Gasteiger partial charge on any atom is -1.00 e. The van der Waals surface area contributed by atoms with E-state index in [4.69, 9.17) is 32.8 Å². The van der Waals surface area contributed by atoms with E-state index in [9.17, 15) is 0 Å². The average molecular weight is 438 g/mol. The first-order chi connectivity index (χ1) is 3.73. The number of nitrogens with zero attached hydrogens (tertiary/aromatic N) is 1. The first-order valence-electron chi connectivity index (χ1n) is 1.26. The van der Waals surface area contributed by atoms with Gasteiger partial charge in [-0.05, 0) is 0 Å². The van der Waals surface area contributed by atoms with Gasteiger partial charge in [0.25, 0.3) is 5.09 Å². The molecule has 3 N–H and O–H groups in total. The Labute approximate surface area is 146 Å². The summed E-state index contributed by atoms with van der Waals surface area (Å²) >= 11 is 0. The van der Waals surface area contributed by atoms with Crippen LogP contribution in [0.1, 0.15) is 2.85 Å². The molecule has 60 valence electrons. The van der Waals surface area contributed by atoms with E-state index in [2.05, 4.69) is 0 Å². The molecule has 0 aliphatic rings. The summed E-state index contributed by atoms with van der Waals surface area (Å²) in [6.45, 7) is 0. The third-order valence-electron chi connectivity index (χ3n) is 0. The van der Waals surface area contributed by atoms with Crippen molar-refractivity contribution in [2.45, 2.75) is 0 Å². The Kier molecular flexibility index (Phi) is 25.8. The fraction of sp³-hybridized carbons (Fsp3) is 0. The Morgan fingerprint density at radius 1 is 1.27 bits per heavy atom. The van der Waals surface area contributed by atoms with Gasteiger partial charge in [0.2, 0.25) is 0 Å². The fourth-order valence-corrected chi connectivity index (χ4v) is 0. The van der Waals surface area contributed by atoms with Gasteiger partial charge in [0, 0.05) is 0 Å². The van der Waals surface area contributed by atoms with Gasteiger partial charge in [-0.3, -0.25) is 9.11 Å². The number of hydrogen-bond donors (Lipinski definition) is 3. The summed E-state index contributed by atoms with van der Waals surface area (Å²) in [7, 11) is -4.67. The molecule has 0 unspecified atom stereocenters. The van der Waals surface area contributed by atoms with E-state index in [1.54, 1.807) is 0 Å². The summed E-state index contributed by atoms with van der Waals surface area (Å²) in [5.74, 6) is 0. The second kappa shape index (κ2) is 12.2. The molecule has 0 amide bonds. The molecule has 0 spiro atoms. The van der Waals surface area contributed by atoms with E-state index in [0.29, 0.717) is 0 Å². The molecular formula is H5Ba2NO7S+2. The summed E-state index contributed by atoms with van der Waals surface area (Å²) in [6, 6.07) is 0. The van der Waals surface area contributed by atoms with Crippen molar-refractivity contribution in [1.29, 1.82) is 0 Å². The maximum absolute atomic E-state index is 8.74. The van der Waals surface area contributed by atoms with Crippen molar-refractivity contribution in [3.8, 4) is 0 Å². The van der Waals surface area contributed by atoms with Crippen LogP contribution in [0.3, 0.4) is 0 Å². The van der Waals surface area contributed by atoms with Gasteiger partial charge >= 0.3 is 108 Å². The Morgan fingerprint density at radius 2 is 1.27 bits per heavy atom. The molecule has 0 aromatic carbocycles. The van der Waals surface area contributed by atoms with Gasteiger partial charge in [-0.1, -0.05) is 0 Å². The van der Waals surface area contributed by atoms with E-state index in [-0.39, 0.29) is 101 Å². The molecule has 11 heavy (non-hydrogen) atoms. The molecule has 0 aliphatic heterocycles. The van der Waals surface area contributed by atoms with E-state index in [1.165, 1.54) is 0 Å². The monoisotopic (exact) mass is 439 g/mol. The van der Waals surface area contributed by atoms with Crippen molar-refractivity contribution in [3.63, 3.8) is 0 Å². The molecule has 0 saturated heterocycles. The summed E-state index contributed by atoms with van der Waals surface area (Å²) in [4.78, 5) is 8.36.